The van der Waals surface area contributed by atoms with Gasteiger partial charge in [-0.2, -0.15) is 12.6 Å². The van der Waals surface area contributed by atoms with Crippen molar-refractivity contribution in [3.05, 3.63) is 29.8 Å². The highest BCUT2D eigenvalue weighted by Gasteiger charge is 2.43. The van der Waals surface area contributed by atoms with Crippen LogP contribution in [0.4, 0.5) is 0 Å². The van der Waals surface area contributed by atoms with Gasteiger partial charge < -0.3 is 64.2 Å². The van der Waals surface area contributed by atoms with Crippen LogP contribution in [0.25, 0.3) is 0 Å². The number of nitrogens with zero attached hydrogens (tertiary/aromatic N) is 4. The summed E-state index contributed by atoms with van der Waals surface area (Å²) in [5, 5.41) is 31.6. The number of carboxylic acids is 1. The first-order valence-electron chi connectivity index (χ1n) is 29.8. The lowest BCUT2D eigenvalue weighted by Gasteiger charge is -2.31. The lowest BCUT2D eigenvalue weighted by molar-refractivity contribution is -0.144. The van der Waals surface area contributed by atoms with Gasteiger partial charge in [0.05, 0.1) is 24.0 Å². The van der Waals surface area contributed by atoms with Gasteiger partial charge in [-0.25, -0.2) is 0 Å². The third-order valence-electron chi connectivity index (χ3n) is 15.9. The summed E-state index contributed by atoms with van der Waals surface area (Å²) in [6.07, 6.45) is 5.72. The van der Waals surface area contributed by atoms with Crippen LogP contribution in [0.5, 0.6) is 5.75 Å². The van der Waals surface area contributed by atoms with Gasteiger partial charge in [-0.15, -0.1) is 0 Å². The number of aliphatic carboxylic acids is 1. The first-order chi connectivity index (χ1) is 39.8. The number of guanidine groups is 2. The summed E-state index contributed by atoms with van der Waals surface area (Å²) in [6.45, 7) is 8.38. The lowest BCUT2D eigenvalue weighted by atomic mass is 9.87. The van der Waals surface area contributed by atoms with Crippen LogP contribution in [0.1, 0.15) is 134 Å². The molecule has 468 valence electrons. The van der Waals surface area contributed by atoms with Crippen molar-refractivity contribution in [2.24, 2.45) is 56.6 Å². The Hall–Kier alpha value is -6.57. The zero-order valence-electron chi connectivity index (χ0n) is 49.6. The van der Waals surface area contributed by atoms with Crippen molar-refractivity contribution in [1.82, 2.24) is 31.1 Å². The van der Waals surface area contributed by atoms with Crippen LogP contribution in [-0.4, -0.2) is 167 Å². The average molecular weight is 1210 g/mol. The van der Waals surface area contributed by atoms with Crippen LogP contribution in [-0.2, 0) is 54.4 Å². The van der Waals surface area contributed by atoms with E-state index < -0.39 is 103 Å². The maximum absolute atomic E-state index is 15.0. The minimum absolute atomic E-state index is 0.00564. The normalized spacial score (nSPS) is 18.3. The molecule has 26 heteroatoms. The molecule has 6 amide bonds. The van der Waals surface area contributed by atoms with Gasteiger partial charge in [0, 0.05) is 85.2 Å². The Kier molecular flexibility index (Phi) is 29.1. The van der Waals surface area contributed by atoms with Crippen molar-refractivity contribution in [3.8, 4) is 5.75 Å². The molecule has 3 fully saturated rings. The second-order valence-corrected chi connectivity index (χ2v) is 30.0. The van der Waals surface area contributed by atoms with Crippen LogP contribution >= 0.6 is 12.6 Å². The Bertz CT molecular complexity index is 2480. The Morgan fingerprint density at radius 2 is 1.26 bits per heavy atom. The number of nitrogens with one attached hydrogen (secondary N) is 4. The molecule has 3 aliphatic rings. The van der Waals surface area contributed by atoms with Crippen molar-refractivity contribution in [3.63, 3.8) is 0 Å². The monoisotopic (exact) mass is 1210 g/mol. The molecular weight excluding hydrogens is 1120 g/mol. The number of thiol groups is 1. The number of phenolic OH excluding ortho intramolecular Hbond substituents is 1. The number of benzene rings is 1. The minimum Gasteiger partial charge on any atom is -0.508 e. The van der Waals surface area contributed by atoms with Crippen LogP contribution in [0.15, 0.2) is 34.3 Å². The Balaban J connectivity index is 1.59. The summed E-state index contributed by atoms with van der Waals surface area (Å²) in [6, 6.07) is 1.50. The number of hydrogen-bond acceptors (Lipinski definition) is 14. The molecule has 0 radical (unpaired) electrons. The van der Waals surface area contributed by atoms with Crippen molar-refractivity contribution >= 4 is 91.4 Å². The quantitative estimate of drug-likeness (QED) is 0.0150. The summed E-state index contributed by atoms with van der Waals surface area (Å²) in [4.78, 5) is 149. The first kappa shape index (κ1) is 69.9. The van der Waals surface area contributed by atoms with E-state index in [0.717, 1.165) is 12.8 Å². The number of carboxylic acid groups (broad SMARTS) is 1. The number of amides is 6. The van der Waals surface area contributed by atoms with Gasteiger partial charge in [-0.3, -0.25) is 57.9 Å². The van der Waals surface area contributed by atoms with E-state index in [1.54, 1.807) is 12.1 Å². The molecule has 0 spiro atoms. The van der Waals surface area contributed by atoms with E-state index in [1.807, 2.05) is 19.6 Å². The molecule has 84 heavy (non-hydrogen) atoms. The second-order valence-electron chi connectivity index (χ2n) is 24.0. The SMILES string of the molecule is CC(=O)N[C@@H](CCCCNC(=O)CCS)C(=O)N1CCC[C@H]1C(=O)N[C@H](CCCN=C(N)N)C(=O)C[C@@H](CCCN=C(N)N)C(=O)N1CCC[C@H]1C(=O)C[C@@H](Cc1ccc(O)cc1)C(=O)N[C@H](C(=O)C[C@@H](C[Si](C)(C)C)C(=O)O)C1CCCC1. The van der Waals surface area contributed by atoms with Gasteiger partial charge in [0.15, 0.2) is 29.3 Å². The molecule has 14 N–H and O–H groups in total. The Morgan fingerprint density at radius 3 is 1.85 bits per heavy atom. The van der Waals surface area contributed by atoms with Crippen LogP contribution in [0, 0.1) is 23.7 Å². The fourth-order valence-corrected chi connectivity index (χ4v) is 13.8. The third-order valence-corrected chi connectivity index (χ3v) is 17.8. The highest BCUT2D eigenvalue weighted by Crippen LogP contribution is 2.33. The number of Topliss-reactive ketones (excluding diaryl/α,β-unsaturated/α-hetero) is 3. The number of phenols is 1. The molecule has 0 bridgehead atoms. The van der Waals surface area contributed by atoms with E-state index in [1.165, 1.54) is 28.9 Å². The van der Waals surface area contributed by atoms with Crippen molar-refractivity contribution < 1.29 is 58.2 Å². The number of rotatable bonds is 37. The predicted octanol–water partition coefficient (Wildman–Crippen LogP) is 2.44. The number of likely N-dealkylation sites (tertiary alicyclic amines) is 2. The standard InChI is InChI=1S/C58H94N12O12SSi/c1-36(71)66-44(16-7-8-25-63-50(76)24-30-83)55(80)70-29-12-19-46(70)53(78)67-43(17-10-27-65-58(61)62)47(73)32-39(15-9-26-64-57(59)60)54(79)69-28-11-18-45(69)48(74)33-40(31-37-20-22-42(72)23-21-37)52(77)68-51(38-13-5-6-14-38)49(75)34-41(56(81)82)35-84(2,3)4/h20-23,38-41,43-46,51,72,83H,5-19,24-35H2,1-4H3,(H,63,76)(H,66,71)(H,67,78)(H,68,77)(H,81,82)(H4,59,60,64)(H4,61,62,65)/t39-,40-,41+,43-,44+,45+,46+,51+/m1/s1. The van der Waals surface area contributed by atoms with E-state index in [9.17, 15) is 53.4 Å². The molecule has 2 saturated heterocycles. The fourth-order valence-electron chi connectivity index (χ4n) is 11.8. The summed E-state index contributed by atoms with van der Waals surface area (Å²) in [5.74, 6) is -8.21. The molecule has 1 saturated carbocycles. The highest BCUT2D eigenvalue weighted by molar-refractivity contribution is 7.80. The minimum atomic E-state index is -1.92. The highest BCUT2D eigenvalue weighted by atomic mass is 32.1. The van der Waals surface area contributed by atoms with Crippen molar-refractivity contribution in [2.75, 3.05) is 38.5 Å². The number of carbonyl (C=O) groups is 10. The topological polar surface area (TPSA) is 395 Å². The maximum atomic E-state index is 15.0. The molecule has 8 atom stereocenters. The van der Waals surface area contributed by atoms with Crippen LogP contribution in [0.2, 0.25) is 25.7 Å². The van der Waals surface area contributed by atoms with Crippen LogP contribution < -0.4 is 44.2 Å². The molecule has 1 aromatic rings. The van der Waals surface area contributed by atoms with E-state index in [2.05, 4.69) is 43.9 Å². The summed E-state index contributed by atoms with van der Waals surface area (Å²) in [5.41, 5.74) is 23.1. The summed E-state index contributed by atoms with van der Waals surface area (Å²) in [7, 11) is -1.92. The van der Waals surface area contributed by atoms with Crippen molar-refractivity contribution in [1.29, 1.82) is 0 Å². The second kappa shape index (κ2) is 35.0. The lowest BCUT2D eigenvalue weighted by Crippen LogP contribution is -2.55. The van der Waals surface area contributed by atoms with E-state index in [4.69, 9.17) is 22.9 Å². The fraction of sp³-hybridized carbons (Fsp3) is 0.690. The summed E-state index contributed by atoms with van der Waals surface area (Å²) < 4.78 is 0. The molecular formula is C58H94N12O12SSi. The van der Waals surface area contributed by atoms with Gasteiger partial charge >= 0.3 is 5.97 Å². The number of unbranched alkanes of at least 4 members (excludes halogenated alkanes) is 1. The third kappa shape index (κ3) is 23.8. The molecule has 0 unspecified atom stereocenters. The van der Waals surface area contributed by atoms with E-state index in [0.29, 0.717) is 62.4 Å². The Labute approximate surface area is 500 Å². The average Bonchev–Trinajstić information content (AvgIpc) is 4.22. The van der Waals surface area contributed by atoms with Gasteiger partial charge in [0.1, 0.15) is 17.8 Å². The zero-order chi connectivity index (χ0) is 62.1. The molecule has 4 rings (SSSR count). The van der Waals surface area contributed by atoms with Gasteiger partial charge in [-0.05, 0) is 125 Å². The number of ketones is 3. The van der Waals surface area contributed by atoms with Crippen LogP contribution in [0.3, 0.4) is 0 Å². The van der Waals surface area contributed by atoms with E-state index in [-0.39, 0.29) is 139 Å². The number of hydrogen-bond donors (Lipinski definition) is 11. The van der Waals surface area contributed by atoms with Gasteiger partial charge in [0.25, 0.3) is 0 Å². The number of aliphatic imine (C=N–C) groups is 2. The molecule has 24 nitrogen and oxygen atoms in total. The molecule has 2 aliphatic heterocycles. The maximum Gasteiger partial charge on any atom is 0.306 e. The number of aromatic hydroxyl groups is 1. The largest absolute Gasteiger partial charge is 0.508 e. The molecule has 1 aromatic carbocycles. The predicted molar refractivity (Wildman–Crippen MR) is 325 cm³/mol. The first-order valence-corrected chi connectivity index (χ1v) is 34.2. The van der Waals surface area contributed by atoms with Crippen molar-refractivity contribution in [2.45, 2.75) is 191 Å². The summed E-state index contributed by atoms with van der Waals surface area (Å²) >= 11 is 4.08. The molecule has 1 aliphatic carbocycles. The molecule has 0 aromatic heterocycles. The van der Waals surface area contributed by atoms with E-state index >= 15 is 4.79 Å². The zero-order valence-corrected chi connectivity index (χ0v) is 51.5. The smallest absolute Gasteiger partial charge is 0.306 e. The Morgan fingerprint density at radius 1 is 0.679 bits per heavy atom. The van der Waals surface area contributed by atoms with Gasteiger partial charge in [0.2, 0.25) is 35.4 Å². The van der Waals surface area contributed by atoms with Gasteiger partial charge in [-0.1, -0.05) is 44.6 Å². The molecule has 2 heterocycles. The number of carbonyl (C=O) groups excluding carboxylic acids is 9. The number of nitrogens with two attached hydrogens (primary N) is 4.